The Morgan fingerprint density at radius 3 is 0.779 bits per heavy atom. The molecular formula is C134H160N2. The minimum Gasteiger partial charge on any atom is -0.310 e. The summed E-state index contributed by atoms with van der Waals surface area (Å²) >= 11 is 0. The smallest absolute Gasteiger partial charge is 0.0543 e. The van der Waals surface area contributed by atoms with E-state index >= 15 is 0 Å². The van der Waals surface area contributed by atoms with E-state index in [1.54, 1.807) is 33.4 Å². The van der Waals surface area contributed by atoms with Crippen molar-refractivity contribution >= 4 is 34.1 Å². The predicted molar refractivity (Wildman–Crippen MR) is 584 cm³/mol. The van der Waals surface area contributed by atoms with Crippen molar-refractivity contribution in [1.29, 1.82) is 0 Å². The Hall–Kier alpha value is -9.76. The van der Waals surface area contributed by atoms with E-state index in [0.717, 1.165) is 29.6 Å². The zero-order chi connectivity index (χ0) is 95.5. The van der Waals surface area contributed by atoms with Crippen molar-refractivity contribution in [1.82, 2.24) is 0 Å². The van der Waals surface area contributed by atoms with Gasteiger partial charge in [-0.2, -0.15) is 0 Å². The van der Waals surface area contributed by atoms with Crippen LogP contribution >= 0.6 is 0 Å². The maximum Gasteiger partial charge on any atom is 0.0543 e. The first-order valence-corrected chi connectivity index (χ1v) is 53.7. The van der Waals surface area contributed by atoms with Crippen molar-refractivity contribution in [3.05, 3.63) is 321 Å². The summed E-state index contributed by atoms with van der Waals surface area (Å²) in [6, 6.07) is 98.2. The highest BCUT2D eigenvalue weighted by Crippen LogP contribution is 2.62. The van der Waals surface area contributed by atoms with Crippen LogP contribution in [0.15, 0.2) is 249 Å². The number of benzene rings is 12. The van der Waals surface area contributed by atoms with Crippen LogP contribution in [0.1, 0.15) is 390 Å². The first-order valence-electron chi connectivity index (χ1n) is 53.7. The van der Waals surface area contributed by atoms with Crippen LogP contribution < -0.4 is 9.80 Å². The maximum absolute atomic E-state index is 2.81. The molecular weight excluding hydrogens is 1640 g/mol. The molecule has 0 unspecified atom stereocenters. The second kappa shape index (κ2) is 35.2. The number of anilines is 6. The maximum atomic E-state index is 2.81. The fourth-order valence-electron chi connectivity index (χ4n) is 28.6. The molecule has 0 saturated heterocycles. The highest BCUT2D eigenvalue weighted by Gasteiger charge is 2.46. The molecule has 12 aromatic rings. The zero-order valence-corrected chi connectivity index (χ0v) is 87.5. The fraction of sp³-hybridized carbons (Fsp3) is 0.463. The Morgan fingerprint density at radius 1 is 0.199 bits per heavy atom. The second-order valence-corrected chi connectivity index (χ2v) is 51.8. The molecule has 706 valence electrons. The Bertz CT molecular complexity index is 6320. The quantitative estimate of drug-likeness (QED) is 0.114. The first kappa shape index (κ1) is 93.9. The molecule has 0 heterocycles. The highest BCUT2D eigenvalue weighted by molar-refractivity contribution is 5.98. The number of fused-ring (bicyclic) bond motifs is 12. The lowest BCUT2D eigenvalue weighted by molar-refractivity contribution is 0.166. The molecule has 0 bridgehead atoms. The lowest BCUT2D eigenvalue weighted by Gasteiger charge is -2.40. The average molecular weight is 1800 g/mol. The molecule has 0 radical (unpaired) electrons. The van der Waals surface area contributed by atoms with E-state index in [1.807, 2.05) is 0 Å². The normalized spacial score (nSPS) is 23.3. The summed E-state index contributed by atoms with van der Waals surface area (Å²) in [5.74, 6) is 7.16. The lowest BCUT2D eigenvalue weighted by Crippen LogP contribution is -2.27. The van der Waals surface area contributed by atoms with Gasteiger partial charge in [0.05, 0.1) is 11.4 Å². The SMILES string of the molecule is CC1(C)c2ccccc2-c2ccc(N(c3ccc(-c4c(C5CCC(C(C)(C)C)CC5)cc(C5CCC(C(C)(C)C)CC5)cc4C4CCC(C(C)(C)C)CC4)cc3)c3cccc4c3-c3ccccc3C4(C)C)cc21.CC1(C)c2ccccc2-c2ccc(N(c3ccc(-c4cc(C5CCC(C(C)(C)C)CC5)cc(C5CCC(C(C)(C)C)CC5)c4)cc3)c3cccc4c3-c3ccccc3C4(C)C)cc21. The van der Waals surface area contributed by atoms with E-state index < -0.39 is 0 Å². The molecule has 0 aliphatic heterocycles. The summed E-state index contributed by atoms with van der Waals surface area (Å²) in [7, 11) is 0. The van der Waals surface area contributed by atoms with Crippen molar-refractivity contribution in [3.8, 4) is 66.8 Å². The third kappa shape index (κ3) is 17.1. The van der Waals surface area contributed by atoms with Gasteiger partial charge < -0.3 is 9.80 Å². The van der Waals surface area contributed by atoms with Crippen LogP contribution in [0.2, 0.25) is 0 Å². The van der Waals surface area contributed by atoms with Crippen molar-refractivity contribution < 1.29 is 0 Å². The van der Waals surface area contributed by atoms with Gasteiger partial charge in [-0.05, 0) is 403 Å². The topological polar surface area (TPSA) is 6.48 Å². The Balaban J connectivity index is 0.000000170. The molecule has 136 heavy (non-hydrogen) atoms. The Morgan fingerprint density at radius 2 is 0.456 bits per heavy atom. The summed E-state index contributed by atoms with van der Waals surface area (Å²) < 4.78 is 0. The summed E-state index contributed by atoms with van der Waals surface area (Å²) in [5, 5.41) is 0. The van der Waals surface area contributed by atoms with E-state index in [4.69, 9.17) is 0 Å². The van der Waals surface area contributed by atoms with E-state index in [2.05, 4.69) is 418 Å². The monoisotopic (exact) mass is 1800 g/mol. The molecule has 0 atom stereocenters. The van der Waals surface area contributed by atoms with Gasteiger partial charge >= 0.3 is 0 Å². The summed E-state index contributed by atoms with van der Waals surface area (Å²) in [6.07, 6.45) is 26.5. The second-order valence-electron chi connectivity index (χ2n) is 51.8. The largest absolute Gasteiger partial charge is 0.310 e. The van der Waals surface area contributed by atoms with Crippen LogP contribution in [0.4, 0.5) is 34.1 Å². The van der Waals surface area contributed by atoms with E-state index in [-0.39, 0.29) is 21.7 Å². The summed E-state index contributed by atoms with van der Waals surface area (Å²) in [5.41, 5.74) is 44.9. The van der Waals surface area contributed by atoms with Gasteiger partial charge in [0.2, 0.25) is 0 Å². The van der Waals surface area contributed by atoms with Gasteiger partial charge in [-0.15, -0.1) is 0 Å². The van der Waals surface area contributed by atoms with Gasteiger partial charge in [0.25, 0.3) is 0 Å². The van der Waals surface area contributed by atoms with Crippen molar-refractivity contribution in [2.75, 3.05) is 9.80 Å². The Labute approximate surface area is 821 Å². The zero-order valence-electron chi connectivity index (χ0n) is 87.5. The molecule has 0 N–H and O–H groups in total. The Kier molecular flexibility index (Phi) is 24.3. The third-order valence-corrected chi connectivity index (χ3v) is 37.4. The van der Waals surface area contributed by atoms with Crippen LogP contribution in [-0.4, -0.2) is 0 Å². The van der Waals surface area contributed by atoms with Crippen molar-refractivity contribution in [3.63, 3.8) is 0 Å². The molecule has 9 aliphatic carbocycles. The molecule has 0 aromatic heterocycles. The van der Waals surface area contributed by atoms with Crippen molar-refractivity contribution in [2.24, 2.45) is 56.7 Å². The van der Waals surface area contributed by atoms with Gasteiger partial charge in [-0.1, -0.05) is 347 Å². The number of hydrogen-bond acceptors (Lipinski definition) is 2. The first-order chi connectivity index (χ1) is 64.6. The lowest BCUT2D eigenvalue weighted by atomic mass is 9.64. The third-order valence-electron chi connectivity index (χ3n) is 37.4. The standard InChI is InChI=1S/C72H89N.C62H71N/c1-68(2,3)51-33-25-46(26-34-51)50-43-59(47-27-35-52(36-28-47)69(4,5)6)66(60(44-50)48-29-37-53(38-30-48)70(7,8)9)49-31-39-54(40-32-49)73(55-41-42-57-56-19-14-16-21-61(56)72(12,13)64(57)45-55)65-24-18-23-63-67(65)58-20-15-17-22-62(58)71(63,10)11;1-59(2,3)46-28-22-40(23-29-46)43-36-44(41-24-30-47(31-25-41)60(4,5)6)38-45(37-43)42-26-32-48(33-27-42)63(49-34-35-51-50-16-11-13-18-53(50)62(9,10)56(51)39-49)57-21-15-20-55-58(57)52-17-12-14-19-54(52)61(55,7)8/h14-24,31-32,39-48,51-53H,25-30,33-38H2,1-13H3;11-21,26-27,32-41,46-47H,22-25,28-31H2,1-10H3. The molecule has 5 fully saturated rings. The summed E-state index contributed by atoms with van der Waals surface area (Å²) in [6.45, 7) is 56.3. The highest BCUT2D eigenvalue weighted by atomic mass is 15.2. The number of rotatable bonds is 13. The molecule has 0 amide bonds. The van der Waals surface area contributed by atoms with Gasteiger partial charge in [0.1, 0.15) is 0 Å². The van der Waals surface area contributed by atoms with E-state index in [1.165, 1.54) is 268 Å². The van der Waals surface area contributed by atoms with E-state index in [9.17, 15) is 0 Å². The molecule has 5 saturated carbocycles. The predicted octanol–water partition coefficient (Wildman–Crippen LogP) is 39.5. The number of hydrogen-bond donors (Lipinski definition) is 0. The minimum atomic E-state index is -0.104. The molecule has 0 spiro atoms. The van der Waals surface area contributed by atoms with Gasteiger partial charge in [-0.3, -0.25) is 0 Å². The van der Waals surface area contributed by atoms with Crippen LogP contribution in [0.5, 0.6) is 0 Å². The van der Waals surface area contributed by atoms with Crippen LogP contribution in [0.3, 0.4) is 0 Å². The minimum absolute atomic E-state index is 0.0836. The molecule has 9 aliphatic rings. The van der Waals surface area contributed by atoms with Crippen LogP contribution in [-0.2, 0) is 21.7 Å². The van der Waals surface area contributed by atoms with Crippen LogP contribution in [0.25, 0.3) is 66.8 Å². The van der Waals surface area contributed by atoms with Gasteiger partial charge in [-0.25, -0.2) is 0 Å². The summed E-state index contributed by atoms with van der Waals surface area (Å²) in [4.78, 5) is 5.17. The molecule has 21 rings (SSSR count). The van der Waals surface area contributed by atoms with Gasteiger partial charge in [0.15, 0.2) is 0 Å². The van der Waals surface area contributed by atoms with E-state index in [0.29, 0.717) is 56.7 Å². The fourth-order valence-corrected chi connectivity index (χ4v) is 28.6. The molecule has 2 nitrogen and oxygen atoms in total. The molecule has 2 heteroatoms. The van der Waals surface area contributed by atoms with Crippen LogP contribution in [0, 0.1) is 56.7 Å². The van der Waals surface area contributed by atoms with Crippen molar-refractivity contribution in [2.45, 2.75) is 339 Å². The average Bonchev–Trinajstić information content (AvgIpc) is 1.56. The molecule has 12 aromatic carbocycles. The van der Waals surface area contributed by atoms with Gasteiger partial charge in [0, 0.05) is 55.5 Å². The number of nitrogens with zero attached hydrogens (tertiary/aromatic N) is 2.